The van der Waals surface area contributed by atoms with E-state index in [1.807, 2.05) is 42.5 Å². The number of rotatable bonds is 2. The first-order chi connectivity index (χ1) is 11.7. The summed E-state index contributed by atoms with van der Waals surface area (Å²) in [6.45, 7) is 1.17. The van der Waals surface area contributed by atoms with Crippen LogP contribution in [-0.2, 0) is 6.54 Å². The summed E-state index contributed by atoms with van der Waals surface area (Å²) >= 11 is 6.01. The third-order valence-electron chi connectivity index (χ3n) is 4.29. The number of hydrogen-bond donors (Lipinski definition) is 2. The Labute approximate surface area is 143 Å². The van der Waals surface area contributed by atoms with Crippen LogP contribution in [0.2, 0.25) is 5.02 Å². The molecule has 1 amide bonds. The smallest absolute Gasteiger partial charge is 0.253 e. The van der Waals surface area contributed by atoms with Gasteiger partial charge in [-0.2, -0.15) is 0 Å². The van der Waals surface area contributed by atoms with Gasteiger partial charge in [0, 0.05) is 29.1 Å². The molecule has 2 aromatic carbocycles. The number of hydrogen-bond acceptors (Lipinski definition) is 3. The van der Waals surface area contributed by atoms with Gasteiger partial charge in [-0.3, -0.25) is 4.79 Å². The molecule has 0 unspecified atom stereocenters. The summed E-state index contributed by atoms with van der Waals surface area (Å²) in [6.07, 6.45) is 1.42. The number of aromatic nitrogens is 1. The van der Waals surface area contributed by atoms with Gasteiger partial charge >= 0.3 is 0 Å². The van der Waals surface area contributed by atoms with Crippen LogP contribution in [0.3, 0.4) is 0 Å². The van der Waals surface area contributed by atoms with Crippen LogP contribution in [0, 0.1) is 0 Å². The topological polar surface area (TPSA) is 66.6 Å². The quantitative estimate of drug-likeness (QED) is 0.426. The number of benzene rings is 2. The van der Waals surface area contributed by atoms with Crippen molar-refractivity contribution in [1.82, 2.24) is 9.88 Å². The maximum atomic E-state index is 12.3. The van der Waals surface area contributed by atoms with Crippen LogP contribution in [0.1, 0.15) is 15.9 Å². The molecule has 6 heteroatoms. The second-order valence-electron chi connectivity index (χ2n) is 5.62. The Morgan fingerprint density at radius 2 is 2.00 bits per heavy atom. The van der Waals surface area contributed by atoms with Crippen LogP contribution in [0.15, 0.2) is 47.6 Å². The van der Waals surface area contributed by atoms with E-state index in [9.17, 15) is 4.79 Å². The van der Waals surface area contributed by atoms with E-state index in [1.54, 1.807) is 0 Å². The summed E-state index contributed by atoms with van der Waals surface area (Å²) in [4.78, 5) is 12.3. The molecular formula is C18H14ClN3O2. The van der Waals surface area contributed by atoms with E-state index < -0.39 is 0 Å². The predicted octanol–water partition coefficient (Wildman–Crippen LogP) is 3.51. The Hall–Kier alpha value is -2.79. The second kappa shape index (κ2) is 5.69. The maximum absolute atomic E-state index is 12.3. The van der Waals surface area contributed by atoms with Gasteiger partial charge in [0.25, 0.3) is 5.91 Å². The van der Waals surface area contributed by atoms with Crippen LogP contribution < -0.4 is 5.32 Å². The SMILES string of the molecule is O=C1NCCn2c(-c3ccc(Cl)cc3)c(/C=N/O)c3cccc1c32. The fourth-order valence-corrected chi connectivity index (χ4v) is 3.45. The van der Waals surface area contributed by atoms with Gasteiger partial charge in [0.15, 0.2) is 0 Å². The van der Waals surface area contributed by atoms with E-state index in [0.29, 0.717) is 23.7 Å². The molecule has 0 saturated heterocycles. The van der Waals surface area contributed by atoms with Crippen LogP contribution in [-0.4, -0.2) is 28.4 Å². The fraction of sp³-hybridized carbons (Fsp3) is 0.111. The first-order valence-electron chi connectivity index (χ1n) is 7.57. The standard InChI is InChI=1S/C18H14ClN3O2/c19-12-6-4-11(5-7-12)16-15(10-21-24)13-2-1-3-14-17(13)22(16)9-8-20-18(14)23/h1-7,10,24H,8-9H2,(H,20,23)/b21-10+. The molecular weight excluding hydrogens is 326 g/mol. The number of carbonyl (C=O) groups is 1. The summed E-state index contributed by atoms with van der Waals surface area (Å²) in [5, 5.41) is 16.8. The van der Waals surface area contributed by atoms with Crippen molar-refractivity contribution in [3.63, 3.8) is 0 Å². The van der Waals surface area contributed by atoms with Crippen molar-refractivity contribution in [2.75, 3.05) is 6.54 Å². The first-order valence-corrected chi connectivity index (χ1v) is 7.95. The van der Waals surface area contributed by atoms with E-state index in [1.165, 1.54) is 6.21 Å². The number of nitrogens with zero attached hydrogens (tertiary/aromatic N) is 2. The maximum Gasteiger partial charge on any atom is 0.253 e. The van der Waals surface area contributed by atoms with Crippen molar-refractivity contribution in [1.29, 1.82) is 0 Å². The van der Waals surface area contributed by atoms with E-state index in [-0.39, 0.29) is 5.91 Å². The van der Waals surface area contributed by atoms with Crippen molar-refractivity contribution in [2.24, 2.45) is 5.16 Å². The molecule has 1 aliphatic heterocycles. The number of amides is 1. The lowest BCUT2D eigenvalue weighted by Crippen LogP contribution is -2.24. The molecule has 24 heavy (non-hydrogen) atoms. The van der Waals surface area contributed by atoms with Gasteiger partial charge in [0.05, 0.1) is 23.0 Å². The fourth-order valence-electron chi connectivity index (χ4n) is 3.33. The molecule has 1 aromatic heterocycles. The van der Waals surface area contributed by atoms with Crippen LogP contribution in [0.4, 0.5) is 0 Å². The Kier molecular flexibility index (Phi) is 3.50. The predicted molar refractivity (Wildman–Crippen MR) is 94.1 cm³/mol. The monoisotopic (exact) mass is 339 g/mol. The minimum atomic E-state index is -0.0907. The summed E-state index contributed by atoms with van der Waals surface area (Å²) in [5.41, 5.74) is 4.12. The Morgan fingerprint density at radius 1 is 1.21 bits per heavy atom. The van der Waals surface area contributed by atoms with Crippen LogP contribution >= 0.6 is 11.6 Å². The molecule has 0 aliphatic carbocycles. The van der Waals surface area contributed by atoms with Crippen LogP contribution in [0.5, 0.6) is 0 Å². The third kappa shape index (κ3) is 2.17. The minimum Gasteiger partial charge on any atom is -0.411 e. The zero-order chi connectivity index (χ0) is 16.7. The summed E-state index contributed by atoms with van der Waals surface area (Å²) in [5.74, 6) is -0.0907. The van der Waals surface area contributed by atoms with Gasteiger partial charge < -0.3 is 15.1 Å². The highest BCUT2D eigenvalue weighted by Gasteiger charge is 2.24. The van der Waals surface area contributed by atoms with Gasteiger partial charge in [-0.15, -0.1) is 0 Å². The summed E-state index contributed by atoms with van der Waals surface area (Å²) in [7, 11) is 0. The number of nitrogens with one attached hydrogen (secondary N) is 1. The Bertz CT molecular complexity index is 974. The molecule has 0 bridgehead atoms. The van der Waals surface area contributed by atoms with Gasteiger partial charge in [0.1, 0.15) is 0 Å². The van der Waals surface area contributed by atoms with Crippen molar-refractivity contribution in [3.8, 4) is 11.3 Å². The van der Waals surface area contributed by atoms with E-state index in [2.05, 4.69) is 15.0 Å². The first kappa shape index (κ1) is 14.8. The summed E-state index contributed by atoms with van der Waals surface area (Å²) < 4.78 is 2.10. The number of carbonyl (C=O) groups excluding carboxylic acids is 1. The highest BCUT2D eigenvalue weighted by Crippen LogP contribution is 2.35. The van der Waals surface area contributed by atoms with Gasteiger partial charge in [-0.1, -0.05) is 41.0 Å². The molecule has 5 nitrogen and oxygen atoms in total. The largest absolute Gasteiger partial charge is 0.411 e. The molecule has 4 rings (SSSR count). The highest BCUT2D eigenvalue weighted by molar-refractivity contribution is 6.30. The second-order valence-corrected chi connectivity index (χ2v) is 6.06. The molecule has 2 N–H and O–H groups in total. The average Bonchev–Trinajstić information content (AvgIpc) is 2.79. The van der Waals surface area contributed by atoms with E-state index in [4.69, 9.17) is 16.8 Å². The van der Waals surface area contributed by atoms with Crippen LogP contribution in [0.25, 0.3) is 22.2 Å². The zero-order valence-corrected chi connectivity index (χ0v) is 13.4. The Balaban J connectivity index is 2.13. The zero-order valence-electron chi connectivity index (χ0n) is 12.7. The lowest BCUT2D eigenvalue weighted by atomic mass is 10.0. The van der Waals surface area contributed by atoms with Crippen molar-refractivity contribution in [2.45, 2.75) is 6.54 Å². The molecule has 120 valence electrons. The molecule has 0 atom stereocenters. The molecule has 0 saturated carbocycles. The average molecular weight is 340 g/mol. The van der Waals surface area contributed by atoms with E-state index in [0.717, 1.165) is 27.7 Å². The molecule has 0 fully saturated rings. The molecule has 1 aliphatic rings. The Morgan fingerprint density at radius 3 is 2.75 bits per heavy atom. The lowest BCUT2D eigenvalue weighted by Gasteiger charge is -2.10. The number of halogens is 1. The van der Waals surface area contributed by atoms with E-state index >= 15 is 0 Å². The van der Waals surface area contributed by atoms with Gasteiger partial charge in [-0.05, 0) is 23.8 Å². The highest BCUT2D eigenvalue weighted by atomic mass is 35.5. The molecule has 2 heterocycles. The van der Waals surface area contributed by atoms with Crippen molar-refractivity contribution < 1.29 is 10.0 Å². The third-order valence-corrected chi connectivity index (χ3v) is 4.54. The van der Waals surface area contributed by atoms with Gasteiger partial charge in [-0.25, -0.2) is 0 Å². The normalized spacial score (nSPS) is 14.1. The number of para-hydroxylation sites is 1. The lowest BCUT2D eigenvalue weighted by molar-refractivity contribution is 0.0956. The summed E-state index contributed by atoms with van der Waals surface area (Å²) in [6, 6.07) is 13.1. The van der Waals surface area contributed by atoms with Crippen molar-refractivity contribution in [3.05, 3.63) is 58.6 Å². The molecule has 3 aromatic rings. The minimum absolute atomic E-state index is 0.0907. The number of oxime groups is 1. The molecule has 0 spiro atoms. The van der Waals surface area contributed by atoms with Crippen molar-refractivity contribution >= 4 is 34.6 Å². The molecule has 0 radical (unpaired) electrons. The van der Waals surface area contributed by atoms with Gasteiger partial charge in [0.2, 0.25) is 0 Å².